The van der Waals surface area contributed by atoms with Gasteiger partial charge in [-0.15, -0.1) is 0 Å². The Morgan fingerprint density at radius 3 is 2.35 bits per heavy atom. The van der Waals surface area contributed by atoms with Gasteiger partial charge in [-0.3, -0.25) is 4.79 Å². The van der Waals surface area contributed by atoms with Crippen LogP contribution in [0.2, 0.25) is 0 Å². The molecule has 1 saturated heterocycles. The van der Waals surface area contributed by atoms with Crippen LogP contribution in [-0.4, -0.2) is 29.9 Å². The third-order valence-electron chi connectivity index (χ3n) is 4.79. The van der Waals surface area contributed by atoms with Crippen LogP contribution in [0.25, 0.3) is 0 Å². The standard InChI is InChI=1S/C14H28N2O/c1-5-11(4)12(15)13(17)16-9-8-14(6-2,7-3)10-16/h11-12H,5-10,15H2,1-4H3/t11?,12-/m0/s1. The van der Waals surface area contributed by atoms with E-state index in [0.29, 0.717) is 5.41 Å². The highest BCUT2D eigenvalue weighted by atomic mass is 16.2. The van der Waals surface area contributed by atoms with Gasteiger partial charge in [0.1, 0.15) is 0 Å². The summed E-state index contributed by atoms with van der Waals surface area (Å²) >= 11 is 0. The number of carbonyl (C=O) groups is 1. The topological polar surface area (TPSA) is 46.3 Å². The molecule has 1 fully saturated rings. The van der Waals surface area contributed by atoms with Crippen molar-refractivity contribution in [1.29, 1.82) is 0 Å². The van der Waals surface area contributed by atoms with Gasteiger partial charge in [0, 0.05) is 13.1 Å². The summed E-state index contributed by atoms with van der Waals surface area (Å²) in [4.78, 5) is 14.3. The summed E-state index contributed by atoms with van der Waals surface area (Å²) in [5.41, 5.74) is 6.38. The van der Waals surface area contributed by atoms with E-state index in [0.717, 1.165) is 38.8 Å². The first kappa shape index (κ1) is 14.5. The van der Waals surface area contributed by atoms with Gasteiger partial charge in [0.15, 0.2) is 0 Å². The van der Waals surface area contributed by atoms with Gasteiger partial charge in [-0.1, -0.05) is 34.1 Å². The Hall–Kier alpha value is -0.570. The molecule has 1 unspecified atom stereocenters. The lowest BCUT2D eigenvalue weighted by Crippen LogP contribution is -2.46. The lowest BCUT2D eigenvalue weighted by Gasteiger charge is -2.28. The van der Waals surface area contributed by atoms with Crippen LogP contribution in [0.15, 0.2) is 0 Å². The molecule has 3 heteroatoms. The molecule has 0 bridgehead atoms. The molecule has 17 heavy (non-hydrogen) atoms. The van der Waals surface area contributed by atoms with Crippen LogP contribution >= 0.6 is 0 Å². The number of carbonyl (C=O) groups excluding carboxylic acids is 1. The molecule has 0 saturated carbocycles. The van der Waals surface area contributed by atoms with Crippen molar-refractivity contribution in [3.05, 3.63) is 0 Å². The van der Waals surface area contributed by atoms with Crippen molar-refractivity contribution in [3.63, 3.8) is 0 Å². The molecule has 0 aromatic rings. The average Bonchev–Trinajstić information content (AvgIpc) is 2.81. The molecular weight excluding hydrogens is 212 g/mol. The Kier molecular flexibility index (Phi) is 4.99. The second kappa shape index (κ2) is 5.85. The zero-order valence-electron chi connectivity index (χ0n) is 11.8. The molecule has 1 amide bonds. The van der Waals surface area contributed by atoms with Crippen LogP contribution in [0.4, 0.5) is 0 Å². The van der Waals surface area contributed by atoms with E-state index < -0.39 is 0 Å². The monoisotopic (exact) mass is 240 g/mol. The Morgan fingerprint density at radius 1 is 1.35 bits per heavy atom. The predicted octanol–water partition coefficient (Wildman–Crippen LogP) is 2.40. The maximum absolute atomic E-state index is 12.3. The maximum atomic E-state index is 12.3. The number of nitrogens with zero attached hydrogens (tertiary/aromatic N) is 1. The molecule has 0 aromatic heterocycles. The van der Waals surface area contributed by atoms with Crippen LogP contribution in [-0.2, 0) is 4.79 Å². The Bertz CT molecular complexity index is 261. The lowest BCUT2D eigenvalue weighted by atomic mass is 9.82. The minimum Gasteiger partial charge on any atom is -0.341 e. The molecule has 100 valence electrons. The number of likely N-dealkylation sites (tertiary alicyclic amines) is 1. The van der Waals surface area contributed by atoms with E-state index >= 15 is 0 Å². The summed E-state index contributed by atoms with van der Waals surface area (Å²) in [5.74, 6) is 0.434. The smallest absolute Gasteiger partial charge is 0.239 e. The van der Waals surface area contributed by atoms with Crippen LogP contribution in [0.5, 0.6) is 0 Å². The Morgan fingerprint density at radius 2 is 1.94 bits per heavy atom. The van der Waals surface area contributed by atoms with Gasteiger partial charge in [-0.2, -0.15) is 0 Å². The average molecular weight is 240 g/mol. The summed E-state index contributed by atoms with van der Waals surface area (Å²) in [6, 6.07) is -0.315. The highest BCUT2D eigenvalue weighted by Gasteiger charge is 2.38. The van der Waals surface area contributed by atoms with Gasteiger partial charge in [-0.25, -0.2) is 0 Å². The van der Waals surface area contributed by atoms with E-state index in [1.54, 1.807) is 0 Å². The predicted molar refractivity (Wildman–Crippen MR) is 71.6 cm³/mol. The van der Waals surface area contributed by atoms with Gasteiger partial charge in [-0.05, 0) is 30.6 Å². The fourth-order valence-corrected chi connectivity index (χ4v) is 2.66. The maximum Gasteiger partial charge on any atom is 0.239 e. The minimum absolute atomic E-state index is 0.156. The van der Waals surface area contributed by atoms with Gasteiger partial charge < -0.3 is 10.6 Å². The molecule has 0 radical (unpaired) electrons. The number of hydrogen-bond acceptors (Lipinski definition) is 2. The van der Waals surface area contributed by atoms with Crippen molar-refractivity contribution in [3.8, 4) is 0 Å². The molecular formula is C14H28N2O. The molecule has 1 heterocycles. The van der Waals surface area contributed by atoms with Crippen molar-refractivity contribution in [2.24, 2.45) is 17.1 Å². The molecule has 2 atom stereocenters. The molecule has 0 aliphatic carbocycles. The molecule has 3 nitrogen and oxygen atoms in total. The molecule has 1 aliphatic rings. The SMILES string of the molecule is CCC(C)[C@H](N)C(=O)N1CCC(CC)(CC)C1. The molecule has 0 spiro atoms. The molecule has 2 N–H and O–H groups in total. The normalized spacial score (nSPS) is 22.5. The zero-order valence-corrected chi connectivity index (χ0v) is 11.8. The minimum atomic E-state index is -0.315. The zero-order chi connectivity index (χ0) is 13.1. The second-order valence-electron chi connectivity index (χ2n) is 5.63. The van der Waals surface area contributed by atoms with E-state index in [4.69, 9.17) is 5.73 Å². The number of amides is 1. The summed E-state index contributed by atoms with van der Waals surface area (Å²) < 4.78 is 0. The Labute approximate surface area is 106 Å². The van der Waals surface area contributed by atoms with Crippen molar-refractivity contribution < 1.29 is 4.79 Å². The van der Waals surface area contributed by atoms with Crippen molar-refractivity contribution in [1.82, 2.24) is 4.90 Å². The molecule has 1 rings (SSSR count). The van der Waals surface area contributed by atoms with E-state index in [2.05, 4.69) is 27.7 Å². The third kappa shape index (κ3) is 3.01. The highest BCUT2D eigenvalue weighted by Crippen LogP contribution is 2.37. The summed E-state index contributed by atoms with van der Waals surface area (Å²) in [5, 5.41) is 0. The van der Waals surface area contributed by atoms with Gasteiger partial charge in [0.05, 0.1) is 6.04 Å². The van der Waals surface area contributed by atoms with Crippen molar-refractivity contribution in [2.45, 2.75) is 59.4 Å². The van der Waals surface area contributed by atoms with E-state index in [1.807, 2.05) is 4.90 Å². The van der Waals surface area contributed by atoms with E-state index in [1.165, 1.54) is 0 Å². The Balaban J connectivity index is 2.62. The fraction of sp³-hybridized carbons (Fsp3) is 0.929. The van der Waals surface area contributed by atoms with E-state index in [-0.39, 0.29) is 17.9 Å². The quantitative estimate of drug-likeness (QED) is 0.802. The van der Waals surface area contributed by atoms with Crippen molar-refractivity contribution >= 4 is 5.91 Å². The number of hydrogen-bond donors (Lipinski definition) is 1. The third-order valence-corrected chi connectivity index (χ3v) is 4.79. The van der Waals surface area contributed by atoms with Gasteiger partial charge in [0.25, 0.3) is 0 Å². The largest absolute Gasteiger partial charge is 0.341 e. The lowest BCUT2D eigenvalue weighted by molar-refractivity contribution is -0.133. The summed E-state index contributed by atoms with van der Waals surface area (Å²) in [6.45, 7) is 10.4. The first-order chi connectivity index (χ1) is 7.99. The fourth-order valence-electron chi connectivity index (χ4n) is 2.66. The van der Waals surface area contributed by atoms with Gasteiger partial charge >= 0.3 is 0 Å². The highest BCUT2D eigenvalue weighted by molar-refractivity contribution is 5.82. The molecule has 0 aromatic carbocycles. The van der Waals surface area contributed by atoms with E-state index in [9.17, 15) is 4.79 Å². The first-order valence-electron chi connectivity index (χ1n) is 7.04. The number of nitrogens with two attached hydrogens (primary N) is 1. The van der Waals surface area contributed by atoms with Crippen LogP contribution < -0.4 is 5.73 Å². The first-order valence-corrected chi connectivity index (χ1v) is 7.04. The number of rotatable bonds is 5. The summed E-state index contributed by atoms with van der Waals surface area (Å²) in [6.07, 6.45) is 4.42. The van der Waals surface area contributed by atoms with Crippen LogP contribution in [0.1, 0.15) is 53.4 Å². The van der Waals surface area contributed by atoms with Crippen LogP contribution in [0, 0.1) is 11.3 Å². The van der Waals surface area contributed by atoms with Crippen molar-refractivity contribution in [2.75, 3.05) is 13.1 Å². The molecule has 1 aliphatic heterocycles. The second-order valence-corrected chi connectivity index (χ2v) is 5.63. The van der Waals surface area contributed by atoms with Gasteiger partial charge in [0.2, 0.25) is 5.91 Å². The van der Waals surface area contributed by atoms with Crippen LogP contribution in [0.3, 0.4) is 0 Å². The summed E-state index contributed by atoms with van der Waals surface area (Å²) in [7, 11) is 0.